The summed E-state index contributed by atoms with van der Waals surface area (Å²) in [6.07, 6.45) is 7.34. The molecule has 0 aromatic heterocycles. The quantitative estimate of drug-likeness (QED) is 0.220. The van der Waals surface area contributed by atoms with Gasteiger partial charge in [0.2, 0.25) is 11.9 Å². The Morgan fingerprint density at radius 1 is 1.42 bits per heavy atom. The van der Waals surface area contributed by atoms with Gasteiger partial charge in [0, 0.05) is 32.3 Å². The van der Waals surface area contributed by atoms with E-state index in [1.807, 2.05) is 0 Å². The molecule has 2 fully saturated rings. The summed E-state index contributed by atoms with van der Waals surface area (Å²) >= 11 is 1.62. The maximum absolute atomic E-state index is 12.2. The highest BCUT2D eigenvalue weighted by Crippen LogP contribution is 2.31. The highest BCUT2D eigenvalue weighted by atomic mass is 32.2. The molecule has 7 nitrogen and oxygen atoms in total. The van der Waals surface area contributed by atoms with Crippen molar-refractivity contribution >= 4 is 23.6 Å². The summed E-state index contributed by atoms with van der Waals surface area (Å²) in [7, 11) is 1.61. The van der Waals surface area contributed by atoms with Gasteiger partial charge in [-0.05, 0) is 12.3 Å². The Morgan fingerprint density at radius 3 is 2.88 bits per heavy atom. The van der Waals surface area contributed by atoms with Crippen molar-refractivity contribution in [3.05, 3.63) is 0 Å². The van der Waals surface area contributed by atoms with Crippen molar-refractivity contribution in [3.63, 3.8) is 0 Å². The van der Waals surface area contributed by atoms with E-state index in [0.29, 0.717) is 25.5 Å². The highest BCUT2D eigenvalue weighted by molar-refractivity contribution is 8.00. The van der Waals surface area contributed by atoms with E-state index >= 15 is 0 Å². The first-order chi connectivity index (χ1) is 11.6. The van der Waals surface area contributed by atoms with Crippen LogP contribution in [-0.4, -0.2) is 59.2 Å². The van der Waals surface area contributed by atoms with E-state index in [1.165, 1.54) is 32.1 Å². The summed E-state index contributed by atoms with van der Waals surface area (Å²) in [5, 5.41) is 10.4. The number of hydrogen-bond donors (Lipinski definition) is 4. The average Bonchev–Trinajstić information content (AvgIpc) is 2.87. The lowest BCUT2D eigenvalue weighted by Crippen LogP contribution is -2.43. The Labute approximate surface area is 148 Å². The molecule has 1 saturated heterocycles. The monoisotopic (exact) mass is 357 g/mol. The first-order valence-corrected chi connectivity index (χ1v) is 9.97. The van der Waals surface area contributed by atoms with Gasteiger partial charge in [-0.2, -0.15) is 11.8 Å². The molecular formula is C16H31N5O2S. The fourth-order valence-electron chi connectivity index (χ4n) is 3.41. The Balaban J connectivity index is 1.65. The number of likely N-dealkylation sites (tertiary alicyclic amines) is 1. The van der Waals surface area contributed by atoms with E-state index in [2.05, 4.69) is 15.8 Å². The number of aliphatic hydroxyl groups excluding tert-OH is 1. The van der Waals surface area contributed by atoms with Crippen molar-refractivity contribution < 1.29 is 9.90 Å². The third-order valence-electron chi connectivity index (χ3n) is 4.87. The number of aliphatic imine (C=N–C) groups is 1. The zero-order valence-corrected chi connectivity index (χ0v) is 15.4. The molecule has 1 heterocycles. The molecule has 5 N–H and O–H groups in total. The largest absolute Gasteiger partial charge is 0.372 e. The van der Waals surface area contributed by atoms with Crippen molar-refractivity contribution in [3.8, 4) is 0 Å². The molecule has 24 heavy (non-hydrogen) atoms. The van der Waals surface area contributed by atoms with Gasteiger partial charge < -0.3 is 15.7 Å². The number of nitrogens with two attached hydrogens (primary N) is 1. The van der Waals surface area contributed by atoms with Gasteiger partial charge in [0.05, 0.1) is 5.25 Å². The summed E-state index contributed by atoms with van der Waals surface area (Å²) in [6.45, 7) is 1.38. The van der Waals surface area contributed by atoms with Gasteiger partial charge >= 0.3 is 0 Å². The molecule has 0 bridgehead atoms. The lowest BCUT2D eigenvalue weighted by atomic mass is 9.87. The minimum absolute atomic E-state index is 0.0390. The van der Waals surface area contributed by atoms with Gasteiger partial charge in [0.1, 0.15) is 6.23 Å². The second-order valence-electron chi connectivity index (χ2n) is 6.57. The second kappa shape index (κ2) is 10.1. The van der Waals surface area contributed by atoms with Crippen LogP contribution >= 0.6 is 11.8 Å². The summed E-state index contributed by atoms with van der Waals surface area (Å²) in [4.78, 5) is 17.6. The van der Waals surface area contributed by atoms with Crippen molar-refractivity contribution in [2.24, 2.45) is 16.6 Å². The number of aliphatic hydroxyl groups is 1. The van der Waals surface area contributed by atoms with Crippen LogP contribution in [0, 0.1) is 5.92 Å². The van der Waals surface area contributed by atoms with Crippen LogP contribution in [0.2, 0.25) is 0 Å². The fourth-order valence-corrected chi connectivity index (χ4v) is 4.51. The van der Waals surface area contributed by atoms with E-state index in [-0.39, 0.29) is 11.2 Å². The second-order valence-corrected chi connectivity index (χ2v) is 7.91. The van der Waals surface area contributed by atoms with Crippen molar-refractivity contribution in [2.45, 2.75) is 56.4 Å². The topological polar surface area (TPSA) is 103 Å². The minimum Gasteiger partial charge on any atom is -0.372 e. The summed E-state index contributed by atoms with van der Waals surface area (Å²) < 4.78 is 0. The molecule has 2 unspecified atom stereocenters. The molecule has 8 heteroatoms. The lowest BCUT2D eigenvalue weighted by Gasteiger charge is -2.27. The Morgan fingerprint density at radius 2 is 2.17 bits per heavy atom. The number of nitrogens with one attached hydrogen (secondary N) is 2. The molecule has 1 aliphatic carbocycles. The molecule has 1 aliphatic heterocycles. The van der Waals surface area contributed by atoms with Gasteiger partial charge in [-0.25, -0.2) is 5.43 Å². The SMILES string of the molecule is CN=C(N)NNCCSC1CC(=O)N(CCC2CCCCC2)C1O. The third-order valence-corrected chi connectivity index (χ3v) is 6.15. The number of carbonyl (C=O) groups is 1. The molecule has 1 saturated carbocycles. The number of guanidine groups is 1. The van der Waals surface area contributed by atoms with Crippen LogP contribution in [0.15, 0.2) is 4.99 Å². The zero-order valence-electron chi connectivity index (χ0n) is 14.5. The molecule has 0 radical (unpaired) electrons. The molecule has 0 aromatic carbocycles. The van der Waals surface area contributed by atoms with Crippen LogP contribution in [0.4, 0.5) is 0 Å². The first-order valence-electron chi connectivity index (χ1n) is 8.92. The molecule has 2 atom stereocenters. The smallest absolute Gasteiger partial charge is 0.225 e. The molecule has 2 rings (SSSR count). The standard InChI is InChI=1S/C16H31N5O2S/c1-18-16(17)20-19-8-10-24-13-11-14(22)21(15(13)23)9-7-12-5-3-2-4-6-12/h12-13,15,19,23H,2-11H2,1H3,(H3,17,18,20). The lowest BCUT2D eigenvalue weighted by molar-refractivity contribution is -0.133. The average molecular weight is 358 g/mol. The maximum atomic E-state index is 12.2. The van der Waals surface area contributed by atoms with Crippen LogP contribution < -0.4 is 16.6 Å². The van der Waals surface area contributed by atoms with E-state index in [9.17, 15) is 9.90 Å². The molecule has 2 aliphatic rings. The molecule has 138 valence electrons. The zero-order chi connectivity index (χ0) is 17.4. The van der Waals surface area contributed by atoms with Crippen LogP contribution in [-0.2, 0) is 4.79 Å². The number of rotatable bonds is 8. The molecule has 1 amide bonds. The van der Waals surface area contributed by atoms with Crippen molar-refractivity contribution in [1.82, 2.24) is 15.8 Å². The molecular weight excluding hydrogens is 326 g/mol. The number of hydrogen-bond acceptors (Lipinski definition) is 5. The molecule has 0 spiro atoms. The maximum Gasteiger partial charge on any atom is 0.225 e. The van der Waals surface area contributed by atoms with Gasteiger partial charge in [0.15, 0.2) is 0 Å². The number of carbonyl (C=O) groups excluding carboxylic acids is 1. The number of amides is 1. The normalized spacial score (nSPS) is 26.2. The summed E-state index contributed by atoms with van der Waals surface area (Å²) in [5.74, 6) is 1.94. The van der Waals surface area contributed by atoms with E-state index in [4.69, 9.17) is 5.73 Å². The number of hydrazine groups is 1. The van der Waals surface area contributed by atoms with E-state index < -0.39 is 6.23 Å². The number of thioether (sulfide) groups is 1. The van der Waals surface area contributed by atoms with Crippen molar-refractivity contribution in [2.75, 3.05) is 25.9 Å². The van der Waals surface area contributed by atoms with Crippen LogP contribution in [0.1, 0.15) is 44.9 Å². The van der Waals surface area contributed by atoms with Crippen molar-refractivity contribution in [1.29, 1.82) is 0 Å². The van der Waals surface area contributed by atoms with Crippen LogP contribution in [0.3, 0.4) is 0 Å². The van der Waals surface area contributed by atoms with E-state index in [1.54, 1.807) is 23.7 Å². The van der Waals surface area contributed by atoms with E-state index in [0.717, 1.165) is 18.1 Å². The summed E-state index contributed by atoms with van der Waals surface area (Å²) in [6, 6.07) is 0. The Bertz CT molecular complexity index is 429. The minimum atomic E-state index is -0.652. The highest BCUT2D eigenvalue weighted by Gasteiger charge is 2.38. The van der Waals surface area contributed by atoms with Gasteiger partial charge in [0.25, 0.3) is 0 Å². The Hall–Kier alpha value is -0.990. The first kappa shape index (κ1) is 19.3. The van der Waals surface area contributed by atoms with Crippen LogP contribution in [0.5, 0.6) is 0 Å². The predicted molar refractivity (Wildman–Crippen MR) is 98.5 cm³/mol. The van der Waals surface area contributed by atoms with Crippen LogP contribution in [0.25, 0.3) is 0 Å². The Kier molecular flexibility index (Phi) is 8.14. The predicted octanol–water partition coefficient (Wildman–Crippen LogP) is 0.648. The number of nitrogens with zero attached hydrogens (tertiary/aromatic N) is 2. The van der Waals surface area contributed by atoms with Gasteiger partial charge in [-0.15, -0.1) is 0 Å². The molecule has 0 aromatic rings. The fraction of sp³-hybridized carbons (Fsp3) is 0.875. The summed E-state index contributed by atoms with van der Waals surface area (Å²) in [5.41, 5.74) is 11.2. The van der Waals surface area contributed by atoms with Gasteiger partial charge in [-0.3, -0.25) is 15.2 Å². The van der Waals surface area contributed by atoms with Gasteiger partial charge in [-0.1, -0.05) is 32.1 Å². The third kappa shape index (κ3) is 5.82.